The summed E-state index contributed by atoms with van der Waals surface area (Å²) in [4.78, 5) is 41.6. The average molecular weight is 403 g/mol. The third-order valence-electron chi connectivity index (χ3n) is 5.65. The molecular formula is C21H29N3O5. The molecule has 2 aliphatic heterocycles. The predicted molar refractivity (Wildman–Crippen MR) is 106 cm³/mol. The molecule has 1 atom stereocenters. The number of benzene rings is 1. The minimum absolute atomic E-state index is 0.0698. The maximum atomic E-state index is 13.0. The fourth-order valence-corrected chi connectivity index (χ4v) is 3.98. The average Bonchev–Trinajstić information content (AvgIpc) is 2.72. The van der Waals surface area contributed by atoms with Crippen LogP contribution in [0.4, 0.5) is 0 Å². The van der Waals surface area contributed by atoms with Crippen molar-refractivity contribution in [3.63, 3.8) is 0 Å². The van der Waals surface area contributed by atoms with Crippen LogP contribution in [0.25, 0.3) is 0 Å². The Kier molecular flexibility index (Phi) is 6.87. The van der Waals surface area contributed by atoms with E-state index in [1.165, 1.54) is 12.0 Å². The number of β-amino-alcohol motifs (C(OH)–C–C–N with tert-alkyl or cyclic N) is 1. The van der Waals surface area contributed by atoms with E-state index in [0.717, 1.165) is 18.4 Å². The molecule has 3 rings (SSSR count). The van der Waals surface area contributed by atoms with Crippen molar-refractivity contribution >= 4 is 17.8 Å². The number of likely N-dealkylation sites (tertiary alicyclic amines) is 1. The van der Waals surface area contributed by atoms with Gasteiger partial charge in [-0.25, -0.2) is 0 Å². The van der Waals surface area contributed by atoms with Crippen LogP contribution < -0.4 is 0 Å². The summed E-state index contributed by atoms with van der Waals surface area (Å²) in [5.74, 6) is -0.916. The number of hydrogen-bond acceptors (Lipinski definition) is 6. The van der Waals surface area contributed by atoms with E-state index >= 15 is 0 Å². The molecule has 2 amide bonds. The minimum atomic E-state index is -1.47. The number of amides is 2. The van der Waals surface area contributed by atoms with Gasteiger partial charge in [-0.3, -0.25) is 19.3 Å². The van der Waals surface area contributed by atoms with Crippen LogP contribution in [0, 0.1) is 0 Å². The zero-order valence-electron chi connectivity index (χ0n) is 16.9. The molecule has 8 heteroatoms. The lowest BCUT2D eigenvalue weighted by Gasteiger charge is -2.42. The minimum Gasteiger partial charge on any atom is -0.468 e. The zero-order chi connectivity index (χ0) is 20.9. The molecule has 2 heterocycles. The Morgan fingerprint density at radius 3 is 2.59 bits per heavy atom. The first kappa shape index (κ1) is 21.3. The number of nitrogens with zero attached hydrogens (tertiary/aromatic N) is 3. The molecule has 0 saturated carbocycles. The molecule has 158 valence electrons. The third-order valence-corrected chi connectivity index (χ3v) is 5.65. The van der Waals surface area contributed by atoms with Crippen molar-refractivity contribution in [3.05, 3.63) is 35.9 Å². The molecule has 0 spiro atoms. The first-order valence-electron chi connectivity index (χ1n) is 10.0. The van der Waals surface area contributed by atoms with Crippen molar-refractivity contribution in [2.24, 2.45) is 0 Å². The van der Waals surface area contributed by atoms with E-state index in [1.54, 1.807) is 9.80 Å². The molecule has 0 bridgehead atoms. The topological polar surface area (TPSA) is 90.4 Å². The van der Waals surface area contributed by atoms with Gasteiger partial charge in [0.2, 0.25) is 5.91 Å². The molecule has 2 aliphatic rings. The van der Waals surface area contributed by atoms with Gasteiger partial charge in [-0.2, -0.15) is 0 Å². The highest BCUT2D eigenvalue weighted by atomic mass is 16.5. The predicted octanol–water partition coefficient (Wildman–Crippen LogP) is -0.100. The van der Waals surface area contributed by atoms with E-state index < -0.39 is 11.6 Å². The van der Waals surface area contributed by atoms with Crippen molar-refractivity contribution in [1.29, 1.82) is 0 Å². The second-order valence-corrected chi connectivity index (χ2v) is 7.77. The van der Waals surface area contributed by atoms with Crippen LogP contribution in [0.5, 0.6) is 0 Å². The Morgan fingerprint density at radius 2 is 1.90 bits per heavy atom. The van der Waals surface area contributed by atoms with Crippen LogP contribution in [-0.2, 0) is 25.5 Å². The molecule has 2 fully saturated rings. The van der Waals surface area contributed by atoms with Crippen LogP contribution >= 0.6 is 0 Å². The highest BCUT2D eigenvalue weighted by Gasteiger charge is 2.44. The number of rotatable bonds is 7. The summed E-state index contributed by atoms with van der Waals surface area (Å²) in [5.41, 5.74) is -0.318. The summed E-state index contributed by atoms with van der Waals surface area (Å²) in [6, 6.07) is 9.96. The van der Waals surface area contributed by atoms with Gasteiger partial charge in [0.15, 0.2) is 5.60 Å². The van der Waals surface area contributed by atoms with Crippen molar-refractivity contribution in [2.75, 3.05) is 52.9 Å². The number of hydrogen-bond donors (Lipinski definition) is 1. The molecule has 8 nitrogen and oxygen atoms in total. The number of aliphatic hydroxyl groups is 1. The molecular weight excluding hydrogens is 374 g/mol. The Hall–Kier alpha value is -2.45. The second-order valence-electron chi connectivity index (χ2n) is 7.77. The van der Waals surface area contributed by atoms with Crippen molar-refractivity contribution in [2.45, 2.75) is 24.9 Å². The van der Waals surface area contributed by atoms with E-state index in [9.17, 15) is 19.5 Å². The molecule has 1 aromatic carbocycles. The number of piperidine rings is 1. The molecule has 2 saturated heterocycles. The third kappa shape index (κ3) is 5.33. The lowest BCUT2D eigenvalue weighted by molar-refractivity contribution is -0.162. The fraction of sp³-hybridized carbons (Fsp3) is 0.571. The van der Waals surface area contributed by atoms with Crippen molar-refractivity contribution in [1.82, 2.24) is 14.7 Å². The van der Waals surface area contributed by atoms with Crippen LogP contribution in [-0.4, -0.2) is 96.1 Å². The monoisotopic (exact) mass is 403 g/mol. The van der Waals surface area contributed by atoms with Gasteiger partial charge in [-0.15, -0.1) is 0 Å². The van der Waals surface area contributed by atoms with Gasteiger partial charge in [0.1, 0.15) is 6.54 Å². The fourth-order valence-electron chi connectivity index (χ4n) is 3.98. The van der Waals surface area contributed by atoms with Crippen LogP contribution in [0.1, 0.15) is 18.4 Å². The molecule has 1 aromatic rings. The smallest absolute Gasteiger partial charge is 0.325 e. The zero-order valence-corrected chi connectivity index (χ0v) is 16.9. The quantitative estimate of drug-likeness (QED) is 0.640. The van der Waals surface area contributed by atoms with Crippen molar-refractivity contribution in [3.8, 4) is 0 Å². The molecule has 0 aromatic heterocycles. The van der Waals surface area contributed by atoms with Gasteiger partial charge in [0, 0.05) is 32.7 Å². The first-order valence-corrected chi connectivity index (χ1v) is 10.0. The van der Waals surface area contributed by atoms with E-state index in [-0.39, 0.29) is 31.4 Å². The van der Waals surface area contributed by atoms with Gasteiger partial charge in [0.25, 0.3) is 5.91 Å². The summed E-state index contributed by atoms with van der Waals surface area (Å²) in [6.45, 7) is 2.22. The molecule has 0 aliphatic carbocycles. The van der Waals surface area contributed by atoms with Gasteiger partial charge < -0.3 is 19.6 Å². The number of methoxy groups -OCH3 is 1. The summed E-state index contributed by atoms with van der Waals surface area (Å²) in [7, 11) is 1.29. The first-order chi connectivity index (χ1) is 13.9. The maximum Gasteiger partial charge on any atom is 0.325 e. The van der Waals surface area contributed by atoms with E-state index in [4.69, 9.17) is 0 Å². The Balaban J connectivity index is 1.55. The van der Waals surface area contributed by atoms with Gasteiger partial charge in [-0.1, -0.05) is 30.3 Å². The van der Waals surface area contributed by atoms with Gasteiger partial charge >= 0.3 is 5.97 Å². The Labute approximate surface area is 171 Å². The van der Waals surface area contributed by atoms with Crippen LogP contribution in [0.3, 0.4) is 0 Å². The number of esters is 1. The standard InChI is InChI=1S/C21H29N3O5/c1-29-19(26)15-24-13-12-22(14-18(24)25)16-21(28)9-5-10-23(20(21)27)11-8-17-6-3-2-4-7-17/h2-4,6-7,28H,5,8-16H2,1H3/t21-/m1/s1. The van der Waals surface area contributed by atoms with Gasteiger partial charge in [-0.05, 0) is 24.8 Å². The van der Waals surface area contributed by atoms with E-state index in [2.05, 4.69) is 4.74 Å². The number of carbonyl (C=O) groups is 3. The molecule has 1 N–H and O–H groups in total. The van der Waals surface area contributed by atoms with Gasteiger partial charge in [0.05, 0.1) is 13.7 Å². The Bertz CT molecular complexity index is 741. The normalized spacial score (nSPS) is 23.4. The second kappa shape index (κ2) is 9.37. The molecule has 29 heavy (non-hydrogen) atoms. The number of piperazine rings is 1. The lowest BCUT2D eigenvalue weighted by atomic mass is 9.90. The van der Waals surface area contributed by atoms with E-state index in [0.29, 0.717) is 32.6 Å². The number of ether oxygens (including phenoxy) is 1. The summed E-state index contributed by atoms with van der Waals surface area (Å²) in [5, 5.41) is 11.1. The highest BCUT2D eigenvalue weighted by Crippen LogP contribution is 2.25. The highest BCUT2D eigenvalue weighted by molar-refractivity contribution is 5.87. The molecule has 0 radical (unpaired) electrons. The lowest BCUT2D eigenvalue weighted by Crippen LogP contribution is -2.61. The summed E-state index contributed by atoms with van der Waals surface area (Å²) in [6.07, 6.45) is 1.87. The van der Waals surface area contributed by atoms with Crippen molar-refractivity contribution < 1.29 is 24.2 Å². The van der Waals surface area contributed by atoms with Crippen LogP contribution in [0.15, 0.2) is 30.3 Å². The Morgan fingerprint density at radius 1 is 1.14 bits per heavy atom. The SMILES string of the molecule is COC(=O)CN1CCN(C[C@]2(O)CCCN(CCc3ccccc3)C2=O)CC1=O. The summed E-state index contributed by atoms with van der Waals surface area (Å²) >= 11 is 0. The largest absolute Gasteiger partial charge is 0.468 e. The van der Waals surface area contributed by atoms with Crippen LogP contribution in [0.2, 0.25) is 0 Å². The number of carbonyl (C=O) groups excluding carboxylic acids is 3. The van der Waals surface area contributed by atoms with E-state index in [1.807, 2.05) is 30.3 Å². The maximum absolute atomic E-state index is 13.0. The molecule has 0 unspecified atom stereocenters. The summed E-state index contributed by atoms with van der Waals surface area (Å²) < 4.78 is 4.61.